The van der Waals surface area contributed by atoms with Gasteiger partial charge in [-0.2, -0.15) is 0 Å². The fourth-order valence-corrected chi connectivity index (χ4v) is 2.88. The van der Waals surface area contributed by atoms with Gasteiger partial charge in [-0.25, -0.2) is 9.13 Å². The molecule has 0 aliphatic carbocycles. The molecule has 0 amide bonds. The van der Waals surface area contributed by atoms with Crippen molar-refractivity contribution < 1.29 is 21.7 Å². The van der Waals surface area contributed by atoms with Gasteiger partial charge in [0.1, 0.15) is 12.4 Å². The highest BCUT2D eigenvalue weighted by Gasteiger charge is 2.03. The van der Waals surface area contributed by atoms with E-state index < -0.39 is 0 Å². The molecule has 1 rings (SSSR count). The van der Waals surface area contributed by atoms with Crippen LogP contribution in [0.25, 0.3) is 0 Å². The molecule has 0 radical (unpaired) electrons. The van der Waals surface area contributed by atoms with Crippen LogP contribution >= 0.6 is 0 Å². The van der Waals surface area contributed by atoms with Crippen molar-refractivity contribution >= 4 is 0 Å². The zero-order valence-corrected chi connectivity index (χ0v) is 16.8. The van der Waals surface area contributed by atoms with Gasteiger partial charge < -0.3 is 17.1 Å². The van der Waals surface area contributed by atoms with Gasteiger partial charge in [0.05, 0.1) is 13.2 Å². The molecule has 4 heteroatoms. The summed E-state index contributed by atoms with van der Waals surface area (Å²) in [6.45, 7) is 7.23. The summed E-state index contributed by atoms with van der Waals surface area (Å²) in [5, 5.41) is 0. The van der Waals surface area contributed by atoms with Gasteiger partial charge in [0, 0.05) is 0 Å². The molecule has 0 N–H and O–H groups in total. The molecule has 1 aromatic heterocycles. The molecular weight excluding hydrogens is 320 g/mol. The number of rotatable bonds is 16. The number of imidazole rings is 1. The Bertz CT molecular complexity index is 368. The molecule has 3 nitrogen and oxygen atoms in total. The lowest BCUT2D eigenvalue weighted by Crippen LogP contribution is -3.00. The summed E-state index contributed by atoms with van der Waals surface area (Å²) in [7, 11) is 0. The summed E-state index contributed by atoms with van der Waals surface area (Å²) < 4.78 is 10.2. The zero-order valence-electron chi connectivity index (χ0n) is 16.0. The molecule has 0 atom stereocenters. The van der Waals surface area contributed by atoms with Crippen LogP contribution in [0.1, 0.15) is 90.9 Å². The molecular formula is C20H39ClN2O. The minimum absolute atomic E-state index is 0. The van der Waals surface area contributed by atoms with Crippen molar-refractivity contribution in [3.63, 3.8) is 0 Å². The van der Waals surface area contributed by atoms with Gasteiger partial charge in [0.15, 0.2) is 6.73 Å². The molecule has 0 aliphatic rings. The van der Waals surface area contributed by atoms with Crippen molar-refractivity contribution in [1.82, 2.24) is 4.57 Å². The molecule has 0 saturated carbocycles. The van der Waals surface area contributed by atoms with Crippen molar-refractivity contribution in [2.45, 2.75) is 104 Å². The molecule has 1 heterocycles. The van der Waals surface area contributed by atoms with Crippen molar-refractivity contribution in [2.24, 2.45) is 0 Å². The Labute approximate surface area is 156 Å². The van der Waals surface area contributed by atoms with Gasteiger partial charge in [-0.3, -0.25) is 0 Å². The average molecular weight is 359 g/mol. The van der Waals surface area contributed by atoms with Crippen LogP contribution in [0.3, 0.4) is 0 Å². The van der Waals surface area contributed by atoms with Crippen LogP contribution in [-0.4, -0.2) is 11.2 Å². The lowest BCUT2D eigenvalue weighted by Gasteiger charge is -2.01. The number of halogens is 1. The fourth-order valence-electron chi connectivity index (χ4n) is 2.88. The fraction of sp³-hybridized carbons (Fsp3) is 0.850. The Hall–Kier alpha value is -0.540. The Kier molecular flexibility index (Phi) is 16.9. The second-order valence-corrected chi connectivity index (χ2v) is 6.74. The van der Waals surface area contributed by atoms with Crippen LogP contribution in [0, 0.1) is 0 Å². The molecule has 142 valence electrons. The number of aromatic nitrogens is 2. The van der Waals surface area contributed by atoms with Crippen LogP contribution in [0.5, 0.6) is 0 Å². The van der Waals surface area contributed by atoms with Gasteiger partial charge in [-0.15, -0.1) is 0 Å². The average Bonchev–Trinajstić information content (AvgIpc) is 3.01. The molecule has 24 heavy (non-hydrogen) atoms. The third kappa shape index (κ3) is 12.8. The number of aryl methyl sites for hydroxylation is 1. The van der Waals surface area contributed by atoms with Crippen LogP contribution in [-0.2, 0) is 18.0 Å². The van der Waals surface area contributed by atoms with E-state index >= 15 is 0 Å². The first-order valence-corrected chi connectivity index (χ1v) is 9.99. The Balaban J connectivity index is 0.00000529. The smallest absolute Gasteiger partial charge is 0.245 e. The molecule has 0 fully saturated rings. The maximum Gasteiger partial charge on any atom is 0.245 e. The number of hydrogen-bond acceptors (Lipinski definition) is 1. The summed E-state index contributed by atoms with van der Waals surface area (Å²) in [5.74, 6) is 0. The summed E-state index contributed by atoms with van der Waals surface area (Å²) in [5.41, 5.74) is 0. The maximum atomic E-state index is 5.72. The first kappa shape index (κ1) is 23.5. The van der Waals surface area contributed by atoms with E-state index in [2.05, 4.69) is 41.7 Å². The first-order chi connectivity index (χ1) is 11.4. The van der Waals surface area contributed by atoms with E-state index in [1.54, 1.807) is 0 Å². The predicted octanol–water partition coefficient (Wildman–Crippen LogP) is 2.47. The molecule has 0 bridgehead atoms. The highest BCUT2D eigenvalue weighted by Crippen LogP contribution is 2.08. The molecule has 0 aliphatic heterocycles. The number of ether oxygens (including phenoxy) is 1. The topological polar surface area (TPSA) is 18.0 Å². The molecule has 0 aromatic carbocycles. The van der Waals surface area contributed by atoms with Crippen LogP contribution in [0.15, 0.2) is 18.7 Å². The molecule has 1 aromatic rings. The maximum absolute atomic E-state index is 5.72. The van der Waals surface area contributed by atoms with Gasteiger partial charge in [0.25, 0.3) is 0 Å². The number of nitrogens with zero attached hydrogens (tertiary/aromatic N) is 2. The minimum atomic E-state index is 0. The molecule has 0 saturated heterocycles. The van der Waals surface area contributed by atoms with Crippen molar-refractivity contribution in [3.05, 3.63) is 18.7 Å². The summed E-state index contributed by atoms with van der Waals surface area (Å²) in [4.78, 5) is 0. The van der Waals surface area contributed by atoms with E-state index in [9.17, 15) is 0 Å². The minimum Gasteiger partial charge on any atom is -1.00 e. The lowest BCUT2D eigenvalue weighted by atomic mass is 10.1. The predicted molar refractivity (Wildman–Crippen MR) is 97.3 cm³/mol. The zero-order chi connectivity index (χ0) is 16.6. The highest BCUT2D eigenvalue weighted by atomic mass is 35.5. The van der Waals surface area contributed by atoms with Gasteiger partial charge in [-0.1, -0.05) is 71.6 Å². The van der Waals surface area contributed by atoms with E-state index in [0.717, 1.165) is 13.2 Å². The quantitative estimate of drug-likeness (QED) is 0.328. The standard InChI is InChI=1S/C20H39N2O.ClH/c1-3-5-7-9-10-11-12-13-15-21-16-17-22(19-21)20-23-18-14-8-6-4-2;/h16-17,19H,3-15,18,20H2,1-2H3;1H/q+1;/p-1. The van der Waals surface area contributed by atoms with E-state index in [1.165, 1.54) is 77.0 Å². The SMILES string of the molecule is CCCCCCCCCCn1cc[n+](COCCCCCC)c1.[Cl-]. The Morgan fingerprint density at radius 1 is 0.792 bits per heavy atom. The summed E-state index contributed by atoms with van der Waals surface area (Å²) in [6.07, 6.45) is 22.6. The monoisotopic (exact) mass is 358 g/mol. The van der Waals surface area contributed by atoms with Crippen molar-refractivity contribution in [3.8, 4) is 0 Å². The second-order valence-electron chi connectivity index (χ2n) is 6.74. The second kappa shape index (κ2) is 17.3. The molecule has 0 unspecified atom stereocenters. The molecule has 0 spiro atoms. The lowest BCUT2D eigenvalue weighted by molar-refractivity contribution is -0.732. The third-order valence-corrected chi connectivity index (χ3v) is 4.40. The van der Waals surface area contributed by atoms with E-state index in [1.807, 2.05) is 0 Å². The van der Waals surface area contributed by atoms with E-state index in [0.29, 0.717) is 6.73 Å². The van der Waals surface area contributed by atoms with Crippen LogP contribution in [0.4, 0.5) is 0 Å². The van der Waals surface area contributed by atoms with Crippen LogP contribution in [0.2, 0.25) is 0 Å². The van der Waals surface area contributed by atoms with Gasteiger partial charge >= 0.3 is 0 Å². The van der Waals surface area contributed by atoms with E-state index in [4.69, 9.17) is 4.74 Å². The van der Waals surface area contributed by atoms with Crippen LogP contribution < -0.4 is 17.0 Å². The first-order valence-electron chi connectivity index (χ1n) is 9.99. The summed E-state index contributed by atoms with van der Waals surface area (Å²) >= 11 is 0. The largest absolute Gasteiger partial charge is 1.00 e. The highest BCUT2D eigenvalue weighted by molar-refractivity contribution is 4.65. The Morgan fingerprint density at radius 2 is 1.38 bits per heavy atom. The number of unbranched alkanes of at least 4 members (excludes halogenated alkanes) is 10. The normalized spacial score (nSPS) is 10.8. The van der Waals surface area contributed by atoms with Gasteiger partial charge in [-0.05, 0) is 19.3 Å². The van der Waals surface area contributed by atoms with Crippen molar-refractivity contribution in [1.29, 1.82) is 0 Å². The van der Waals surface area contributed by atoms with Crippen molar-refractivity contribution in [2.75, 3.05) is 6.61 Å². The third-order valence-electron chi connectivity index (χ3n) is 4.40. The Morgan fingerprint density at radius 3 is 2.04 bits per heavy atom. The summed E-state index contributed by atoms with van der Waals surface area (Å²) in [6, 6.07) is 0. The van der Waals surface area contributed by atoms with E-state index in [-0.39, 0.29) is 12.4 Å². The number of hydrogen-bond donors (Lipinski definition) is 0. The van der Waals surface area contributed by atoms with Gasteiger partial charge in [0.2, 0.25) is 6.33 Å².